The third-order valence-electron chi connectivity index (χ3n) is 6.99. The van der Waals surface area contributed by atoms with Crippen molar-refractivity contribution in [1.82, 2.24) is 9.13 Å². The second kappa shape index (κ2) is 10.5. The van der Waals surface area contributed by atoms with Crippen molar-refractivity contribution >= 4 is 29.1 Å². The first-order valence-electron chi connectivity index (χ1n) is 12.8. The Kier molecular flexibility index (Phi) is 7.12. The number of nitro benzene ring substituents is 1. The maximum atomic E-state index is 13.9. The number of carbonyl (C=O) groups is 1. The lowest BCUT2D eigenvalue weighted by atomic mass is 9.95. The maximum absolute atomic E-state index is 13.9. The molecule has 4 aromatic rings. The lowest BCUT2D eigenvalue weighted by molar-refractivity contribution is -0.384. The lowest BCUT2D eigenvalue weighted by Crippen LogP contribution is -2.39. The summed E-state index contributed by atoms with van der Waals surface area (Å²) in [7, 11) is 0. The van der Waals surface area contributed by atoms with Crippen molar-refractivity contribution in [2.45, 2.75) is 40.7 Å². The fourth-order valence-electron chi connectivity index (χ4n) is 5.05. The number of ether oxygens (including phenoxy) is 1. The summed E-state index contributed by atoms with van der Waals surface area (Å²) in [6.45, 7) is 9.59. The van der Waals surface area contributed by atoms with E-state index in [9.17, 15) is 19.7 Å². The molecule has 40 heavy (non-hydrogen) atoms. The van der Waals surface area contributed by atoms with Crippen LogP contribution in [0.2, 0.25) is 0 Å². The molecule has 2 aromatic carbocycles. The Labute approximate surface area is 234 Å². The largest absolute Gasteiger partial charge is 0.463 e. The van der Waals surface area contributed by atoms with Crippen molar-refractivity contribution in [3.63, 3.8) is 0 Å². The predicted octanol–water partition coefficient (Wildman–Crippen LogP) is 4.42. The molecule has 1 aliphatic rings. The number of esters is 1. The summed E-state index contributed by atoms with van der Waals surface area (Å²) in [5, 5.41) is 11.1. The summed E-state index contributed by atoms with van der Waals surface area (Å²) in [6.07, 6.45) is 1.84. The number of allylic oxidation sites excluding steroid dienone is 1. The van der Waals surface area contributed by atoms with Gasteiger partial charge in [-0.1, -0.05) is 41.2 Å². The fraction of sp³-hybridized carbons (Fsp3) is 0.233. The second-order valence-electron chi connectivity index (χ2n) is 9.65. The molecule has 3 heterocycles. The topological polar surface area (TPSA) is 109 Å². The number of carbonyl (C=O) groups excluding carboxylic acids is 1. The smallest absolute Gasteiger partial charge is 0.338 e. The molecule has 10 heteroatoms. The van der Waals surface area contributed by atoms with Gasteiger partial charge in [0, 0.05) is 29.2 Å². The van der Waals surface area contributed by atoms with Gasteiger partial charge in [-0.05, 0) is 70.0 Å². The average Bonchev–Trinajstić information content (AvgIpc) is 3.37. The van der Waals surface area contributed by atoms with E-state index in [0.29, 0.717) is 20.6 Å². The number of hydrogen-bond acceptors (Lipinski definition) is 7. The van der Waals surface area contributed by atoms with Crippen molar-refractivity contribution in [2.75, 3.05) is 6.61 Å². The van der Waals surface area contributed by atoms with E-state index in [1.807, 2.05) is 61.7 Å². The summed E-state index contributed by atoms with van der Waals surface area (Å²) in [4.78, 5) is 42.8. The molecule has 0 bridgehead atoms. The molecule has 2 aromatic heterocycles. The molecule has 0 radical (unpaired) electrons. The Hall–Kier alpha value is -4.57. The van der Waals surface area contributed by atoms with Crippen molar-refractivity contribution in [1.29, 1.82) is 0 Å². The summed E-state index contributed by atoms with van der Waals surface area (Å²) >= 11 is 1.27. The Morgan fingerprint density at radius 2 is 1.77 bits per heavy atom. The monoisotopic (exact) mass is 556 g/mol. The number of aryl methyl sites for hydroxylation is 2. The van der Waals surface area contributed by atoms with Gasteiger partial charge in [0.2, 0.25) is 0 Å². The molecule has 1 atom stereocenters. The van der Waals surface area contributed by atoms with Gasteiger partial charge in [0.25, 0.3) is 11.2 Å². The first-order valence-corrected chi connectivity index (χ1v) is 13.6. The number of rotatable bonds is 6. The van der Waals surface area contributed by atoms with E-state index in [1.54, 1.807) is 30.5 Å². The quantitative estimate of drug-likeness (QED) is 0.198. The second-order valence-corrected chi connectivity index (χ2v) is 10.7. The van der Waals surface area contributed by atoms with Crippen molar-refractivity contribution in [2.24, 2.45) is 4.99 Å². The van der Waals surface area contributed by atoms with Crippen LogP contribution in [0.3, 0.4) is 0 Å². The molecule has 1 unspecified atom stereocenters. The van der Waals surface area contributed by atoms with Crippen LogP contribution in [0.25, 0.3) is 11.8 Å². The molecule has 0 fully saturated rings. The molecule has 5 rings (SSSR count). The van der Waals surface area contributed by atoms with E-state index in [0.717, 1.165) is 33.8 Å². The summed E-state index contributed by atoms with van der Waals surface area (Å²) in [6, 6.07) is 15.4. The molecular weight excluding hydrogens is 528 g/mol. The third-order valence-corrected chi connectivity index (χ3v) is 7.97. The number of non-ortho nitro benzene ring substituents is 1. The molecule has 0 N–H and O–H groups in total. The van der Waals surface area contributed by atoms with Crippen LogP contribution < -0.4 is 14.9 Å². The first-order chi connectivity index (χ1) is 19.1. The van der Waals surface area contributed by atoms with Gasteiger partial charge >= 0.3 is 5.97 Å². The van der Waals surface area contributed by atoms with Crippen LogP contribution in [0.5, 0.6) is 0 Å². The van der Waals surface area contributed by atoms with Crippen molar-refractivity contribution in [3.8, 4) is 5.69 Å². The Morgan fingerprint density at radius 1 is 1.10 bits per heavy atom. The normalized spacial score (nSPS) is 15.1. The van der Waals surface area contributed by atoms with Gasteiger partial charge in [0.15, 0.2) is 4.80 Å². The number of benzene rings is 2. The highest BCUT2D eigenvalue weighted by Crippen LogP contribution is 2.31. The number of fused-ring (bicyclic) bond motifs is 1. The van der Waals surface area contributed by atoms with E-state index in [4.69, 9.17) is 4.74 Å². The lowest BCUT2D eigenvalue weighted by Gasteiger charge is -2.24. The van der Waals surface area contributed by atoms with Crippen LogP contribution in [-0.4, -0.2) is 26.6 Å². The van der Waals surface area contributed by atoms with Crippen LogP contribution >= 0.6 is 11.3 Å². The molecule has 0 saturated heterocycles. The van der Waals surface area contributed by atoms with Gasteiger partial charge in [-0.2, -0.15) is 0 Å². The fourth-order valence-corrected chi connectivity index (χ4v) is 6.09. The van der Waals surface area contributed by atoms with Gasteiger partial charge in [-0.25, -0.2) is 9.79 Å². The summed E-state index contributed by atoms with van der Waals surface area (Å²) in [5.74, 6) is -0.491. The molecule has 0 saturated carbocycles. The molecule has 0 amide bonds. The predicted molar refractivity (Wildman–Crippen MR) is 153 cm³/mol. The minimum atomic E-state index is -0.661. The highest BCUT2D eigenvalue weighted by Gasteiger charge is 2.33. The highest BCUT2D eigenvalue weighted by atomic mass is 32.1. The highest BCUT2D eigenvalue weighted by molar-refractivity contribution is 7.07. The van der Waals surface area contributed by atoms with Crippen molar-refractivity contribution in [3.05, 3.63) is 124 Å². The minimum Gasteiger partial charge on any atom is -0.463 e. The zero-order valence-corrected chi connectivity index (χ0v) is 23.6. The number of nitro groups is 1. The summed E-state index contributed by atoms with van der Waals surface area (Å²) < 4.78 is 9.42. The Balaban J connectivity index is 1.66. The third kappa shape index (κ3) is 4.71. The Bertz CT molecular complexity index is 1860. The van der Waals surface area contributed by atoms with Crippen LogP contribution in [-0.2, 0) is 9.53 Å². The van der Waals surface area contributed by atoms with Crippen molar-refractivity contribution < 1.29 is 14.5 Å². The molecule has 9 nitrogen and oxygen atoms in total. The number of hydrogen-bond donors (Lipinski definition) is 0. The maximum Gasteiger partial charge on any atom is 0.338 e. The van der Waals surface area contributed by atoms with Gasteiger partial charge < -0.3 is 9.30 Å². The minimum absolute atomic E-state index is 0.0214. The van der Waals surface area contributed by atoms with E-state index in [1.165, 1.54) is 23.5 Å². The molecular formula is C30H28N4O5S. The Morgan fingerprint density at radius 3 is 2.40 bits per heavy atom. The van der Waals surface area contributed by atoms with Gasteiger partial charge in [0.05, 0.1) is 33.4 Å². The van der Waals surface area contributed by atoms with Crippen LogP contribution in [0.4, 0.5) is 5.69 Å². The van der Waals surface area contributed by atoms with E-state index in [2.05, 4.69) is 4.99 Å². The number of aromatic nitrogens is 2. The summed E-state index contributed by atoms with van der Waals surface area (Å²) in [5.41, 5.74) is 5.94. The van der Waals surface area contributed by atoms with Gasteiger partial charge in [-0.3, -0.25) is 19.5 Å². The van der Waals surface area contributed by atoms with Crippen LogP contribution in [0, 0.1) is 30.9 Å². The standard InChI is InChI=1S/C30H28N4O5S/c1-6-39-29(36)26-19(4)31-30-33(27(26)21-9-7-17(2)8-10-21)28(35)25(40-30)16-22-15-18(3)32(20(22)5)23-11-13-24(14-12-23)34(37)38/h7-16,27H,6H2,1-5H3. The molecule has 0 aliphatic carbocycles. The van der Waals surface area contributed by atoms with Gasteiger partial charge in [-0.15, -0.1) is 0 Å². The van der Waals surface area contributed by atoms with E-state index >= 15 is 0 Å². The zero-order valence-electron chi connectivity index (χ0n) is 22.8. The number of nitrogens with zero attached hydrogens (tertiary/aromatic N) is 4. The molecule has 0 spiro atoms. The first kappa shape index (κ1) is 27.0. The van der Waals surface area contributed by atoms with Crippen LogP contribution in [0.1, 0.15) is 48.0 Å². The van der Waals surface area contributed by atoms with Gasteiger partial charge in [0.1, 0.15) is 0 Å². The molecule has 1 aliphatic heterocycles. The van der Waals surface area contributed by atoms with E-state index in [-0.39, 0.29) is 17.9 Å². The average molecular weight is 557 g/mol. The zero-order chi connectivity index (χ0) is 28.7. The number of thiazole rings is 1. The molecule has 204 valence electrons. The SMILES string of the molecule is CCOC(=O)C1=C(C)N=c2sc(=Cc3cc(C)n(-c4ccc([N+](=O)[O-])cc4)c3C)c(=O)n2C1c1ccc(C)cc1. The van der Waals surface area contributed by atoms with Crippen LogP contribution in [0.15, 0.2) is 75.7 Å². The van der Waals surface area contributed by atoms with E-state index < -0.39 is 16.9 Å².